The van der Waals surface area contributed by atoms with Crippen molar-refractivity contribution < 1.29 is 14.3 Å². The largest absolute Gasteiger partial charge is 0.493 e. The average molecular weight is 350 g/mol. The Hall–Kier alpha value is -3.00. The number of rotatable bonds is 7. The van der Waals surface area contributed by atoms with Crippen LogP contribution in [0.4, 0.5) is 0 Å². The lowest BCUT2D eigenvalue weighted by Gasteiger charge is -2.42. The van der Waals surface area contributed by atoms with Crippen LogP contribution in [-0.4, -0.2) is 26.2 Å². The normalized spacial score (nSPS) is 14.6. The van der Waals surface area contributed by atoms with Crippen LogP contribution >= 0.6 is 0 Å². The van der Waals surface area contributed by atoms with Gasteiger partial charge >= 0.3 is 0 Å². The molecule has 1 amide bonds. The third-order valence-corrected chi connectivity index (χ3v) is 4.97. The number of nitrogens with one attached hydrogen (secondary N) is 1. The Labute approximate surface area is 153 Å². The van der Waals surface area contributed by atoms with E-state index in [1.165, 1.54) is 19.1 Å². The van der Waals surface area contributed by atoms with Gasteiger partial charge in [-0.05, 0) is 30.5 Å². The Balaban J connectivity index is 1.56. The highest BCUT2D eigenvalue weighted by Crippen LogP contribution is 2.43. The van der Waals surface area contributed by atoms with Gasteiger partial charge in [-0.3, -0.25) is 4.79 Å². The van der Waals surface area contributed by atoms with E-state index >= 15 is 0 Å². The molecular formula is C21H22N2O3. The molecule has 3 rings (SSSR count). The lowest BCUT2D eigenvalue weighted by atomic mass is 9.64. The minimum Gasteiger partial charge on any atom is -0.493 e. The minimum absolute atomic E-state index is 0.0447. The maximum absolute atomic E-state index is 12.2. The summed E-state index contributed by atoms with van der Waals surface area (Å²) >= 11 is 0. The third kappa shape index (κ3) is 3.80. The Morgan fingerprint density at radius 1 is 1.19 bits per heavy atom. The number of hydrogen-bond donors (Lipinski definition) is 1. The van der Waals surface area contributed by atoms with Gasteiger partial charge in [0.2, 0.25) is 0 Å². The lowest BCUT2D eigenvalue weighted by Crippen LogP contribution is -2.46. The second-order valence-corrected chi connectivity index (χ2v) is 6.54. The summed E-state index contributed by atoms with van der Waals surface area (Å²) in [6.07, 6.45) is 3.35. The van der Waals surface area contributed by atoms with Crippen LogP contribution in [0, 0.1) is 11.3 Å². The van der Waals surface area contributed by atoms with Gasteiger partial charge in [0.1, 0.15) is 0 Å². The molecule has 1 aliphatic carbocycles. The topological polar surface area (TPSA) is 71.3 Å². The molecule has 1 fully saturated rings. The average Bonchev–Trinajstić information content (AvgIpc) is 2.66. The minimum atomic E-state index is -0.168. The first-order valence-corrected chi connectivity index (χ1v) is 8.70. The molecule has 26 heavy (non-hydrogen) atoms. The molecule has 0 atom stereocenters. The molecule has 5 heteroatoms. The highest BCUT2D eigenvalue weighted by atomic mass is 16.5. The van der Waals surface area contributed by atoms with Gasteiger partial charge in [-0.2, -0.15) is 5.26 Å². The van der Waals surface area contributed by atoms with Gasteiger partial charge in [0.25, 0.3) is 5.91 Å². The first-order chi connectivity index (χ1) is 12.7. The fraction of sp³-hybridized carbons (Fsp3) is 0.333. The number of nitrogens with zero attached hydrogens (tertiary/aromatic N) is 1. The smallest absolute Gasteiger partial charge is 0.257 e. The van der Waals surface area contributed by atoms with Crippen molar-refractivity contribution in [2.24, 2.45) is 0 Å². The summed E-state index contributed by atoms with van der Waals surface area (Å²) < 4.78 is 10.8. The van der Waals surface area contributed by atoms with Crippen LogP contribution in [-0.2, 0) is 10.2 Å². The Morgan fingerprint density at radius 2 is 1.96 bits per heavy atom. The van der Waals surface area contributed by atoms with Crippen molar-refractivity contribution in [3.05, 3.63) is 59.7 Å². The van der Waals surface area contributed by atoms with Gasteiger partial charge in [-0.1, -0.05) is 36.8 Å². The summed E-state index contributed by atoms with van der Waals surface area (Å²) in [5.74, 6) is 0.721. The number of ether oxygens (including phenoxy) is 2. The molecular weight excluding hydrogens is 328 g/mol. The van der Waals surface area contributed by atoms with Crippen LogP contribution in [0.2, 0.25) is 0 Å². The summed E-state index contributed by atoms with van der Waals surface area (Å²) in [6.45, 7) is 0.525. The molecule has 5 nitrogen and oxygen atoms in total. The Kier molecular flexibility index (Phi) is 5.43. The zero-order valence-electron chi connectivity index (χ0n) is 14.8. The van der Waals surface area contributed by atoms with E-state index in [0.29, 0.717) is 23.6 Å². The van der Waals surface area contributed by atoms with E-state index in [4.69, 9.17) is 14.7 Å². The van der Waals surface area contributed by atoms with Crippen molar-refractivity contribution in [2.45, 2.75) is 24.7 Å². The van der Waals surface area contributed by atoms with Crippen LogP contribution < -0.4 is 14.8 Å². The van der Waals surface area contributed by atoms with E-state index in [9.17, 15) is 4.79 Å². The summed E-state index contributed by atoms with van der Waals surface area (Å²) in [5.41, 5.74) is 1.80. The number of amides is 1. The standard InChI is InChI=1S/C21H22N2O3/c1-25-19-12-16(13-22)8-9-18(19)26-14-20(24)23-15-21(10-5-11-21)17-6-3-2-4-7-17/h2-4,6-9,12H,5,10-11,14-15H2,1H3,(H,23,24). The Morgan fingerprint density at radius 3 is 2.58 bits per heavy atom. The molecule has 0 unspecified atom stereocenters. The highest BCUT2D eigenvalue weighted by Gasteiger charge is 2.38. The fourth-order valence-corrected chi connectivity index (χ4v) is 3.28. The molecule has 2 aromatic rings. The number of nitriles is 1. The van der Waals surface area contributed by atoms with Crippen LogP contribution in [0.15, 0.2) is 48.5 Å². The van der Waals surface area contributed by atoms with Crippen molar-refractivity contribution in [3.63, 3.8) is 0 Å². The molecule has 0 aliphatic heterocycles. The fourth-order valence-electron chi connectivity index (χ4n) is 3.28. The molecule has 1 aliphatic rings. The van der Waals surface area contributed by atoms with Gasteiger partial charge in [0, 0.05) is 18.0 Å². The molecule has 0 bridgehead atoms. The summed E-state index contributed by atoms with van der Waals surface area (Å²) in [7, 11) is 1.50. The molecule has 0 aromatic heterocycles. The van der Waals surface area contributed by atoms with E-state index in [2.05, 4.69) is 17.4 Å². The first kappa shape index (κ1) is 17.8. The van der Waals surface area contributed by atoms with Crippen molar-refractivity contribution in [1.29, 1.82) is 5.26 Å². The van der Waals surface area contributed by atoms with Crippen LogP contribution in [0.25, 0.3) is 0 Å². The van der Waals surface area contributed by atoms with Gasteiger partial charge in [0.15, 0.2) is 18.1 Å². The predicted octanol–water partition coefficient (Wildman–Crippen LogP) is 3.18. The number of carbonyl (C=O) groups excluding carboxylic acids is 1. The number of benzene rings is 2. The molecule has 0 radical (unpaired) electrons. The van der Waals surface area contributed by atoms with Gasteiger partial charge in [-0.15, -0.1) is 0 Å². The predicted molar refractivity (Wildman–Crippen MR) is 98.2 cm³/mol. The van der Waals surface area contributed by atoms with Crippen molar-refractivity contribution in [3.8, 4) is 17.6 Å². The molecule has 1 saturated carbocycles. The molecule has 0 spiro atoms. The SMILES string of the molecule is COc1cc(C#N)ccc1OCC(=O)NCC1(c2ccccc2)CCC1. The Bertz CT molecular complexity index is 808. The molecule has 0 heterocycles. The van der Waals surface area contributed by atoms with E-state index < -0.39 is 0 Å². The van der Waals surface area contributed by atoms with E-state index in [1.807, 2.05) is 24.3 Å². The van der Waals surface area contributed by atoms with Crippen molar-refractivity contribution >= 4 is 5.91 Å². The monoisotopic (exact) mass is 350 g/mol. The van der Waals surface area contributed by atoms with Gasteiger partial charge < -0.3 is 14.8 Å². The van der Waals surface area contributed by atoms with E-state index in [0.717, 1.165) is 12.8 Å². The zero-order chi connectivity index (χ0) is 18.4. The number of hydrogen-bond acceptors (Lipinski definition) is 4. The van der Waals surface area contributed by atoms with Gasteiger partial charge in [0.05, 0.1) is 18.7 Å². The quantitative estimate of drug-likeness (QED) is 0.832. The number of methoxy groups -OCH3 is 1. The highest BCUT2D eigenvalue weighted by molar-refractivity contribution is 5.77. The van der Waals surface area contributed by atoms with Gasteiger partial charge in [-0.25, -0.2) is 0 Å². The number of carbonyl (C=O) groups is 1. The zero-order valence-corrected chi connectivity index (χ0v) is 14.8. The molecule has 2 aromatic carbocycles. The molecule has 134 valence electrons. The van der Waals surface area contributed by atoms with Crippen LogP contribution in [0.1, 0.15) is 30.4 Å². The van der Waals surface area contributed by atoms with E-state index in [-0.39, 0.29) is 17.9 Å². The van der Waals surface area contributed by atoms with Crippen molar-refractivity contribution in [1.82, 2.24) is 5.32 Å². The summed E-state index contributed by atoms with van der Waals surface area (Å²) in [6, 6.07) is 17.3. The molecule has 0 saturated heterocycles. The maximum Gasteiger partial charge on any atom is 0.257 e. The van der Waals surface area contributed by atoms with E-state index in [1.54, 1.807) is 18.2 Å². The summed E-state index contributed by atoms with van der Waals surface area (Å²) in [5, 5.41) is 11.9. The lowest BCUT2D eigenvalue weighted by molar-refractivity contribution is -0.123. The molecule has 1 N–H and O–H groups in total. The second-order valence-electron chi connectivity index (χ2n) is 6.54. The first-order valence-electron chi connectivity index (χ1n) is 8.70. The summed E-state index contributed by atoms with van der Waals surface area (Å²) in [4.78, 5) is 12.2. The van der Waals surface area contributed by atoms with Crippen molar-refractivity contribution in [2.75, 3.05) is 20.3 Å². The maximum atomic E-state index is 12.2. The second kappa shape index (κ2) is 7.92. The third-order valence-electron chi connectivity index (χ3n) is 4.97. The van der Waals surface area contributed by atoms with Crippen LogP contribution in [0.3, 0.4) is 0 Å². The van der Waals surface area contributed by atoms with Crippen LogP contribution in [0.5, 0.6) is 11.5 Å².